The van der Waals surface area contributed by atoms with Crippen molar-refractivity contribution in [2.45, 2.75) is 17.8 Å². The van der Waals surface area contributed by atoms with Crippen LogP contribution in [-0.2, 0) is 5.75 Å². The lowest BCUT2D eigenvalue weighted by atomic mass is 10.1. The van der Waals surface area contributed by atoms with E-state index in [1.165, 1.54) is 30.9 Å². The fraction of sp³-hybridized carbons (Fsp3) is 0.214. The van der Waals surface area contributed by atoms with Crippen molar-refractivity contribution in [2.24, 2.45) is 0 Å². The maximum Gasteiger partial charge on any atom is 0.251 e. The lowest BCUT2D eigenvalue weighted by Crippen LogP contribution is -2.05. The van der Waals surface area contributed by atoms with E-state index in [4.69, 9.17) is 4.74 Å². The summed E-state index contributed by atoms with van der Waals surface area (Å²) < 4.78 is 5.28. The van der Waals surface area contributed by atoms with Crippen LogP contribution in [0.5, 0.6) is 5.75 Å². The molecular formula is C14H14N2O3S. The van der Waals surface area contributed by atoms with Gasteiger partial charge in [0, 0.05) is 29.1 Å². The number of nitrogens with zero attached hydrogens (tertiary/aromatic N) is 1. The van der Waals surface area contributed by atoms with Gasteiger partial charge in [0.1, 0.15) is 5.75 Å². The van der Waals surface area contributed by atoms with Crippen molar-refractivity contribution in [1.29, 1.82) is 0 Å². The van der Waals surface area contributed by atoms with Gasteiger partial charge in [-0.3, -0.25) is 9.59 Å². The van der Waals surface area contributed by atoms with Crippen LogP contribution in [0, 0.1) is 0 Å². The quantitative estimate of drug-likeness (QED) is 0.519. The number of hydrogen-bond donors (Lipinski definition) is 1. The number of thioether (sulfide) groups is 1. The third-order valence-electron chi connectivity index (χ3n) is 2.70. The third-order valence-corrected chi connectivity index (χ3v) is 3.64. The Kier molecular flexibility index (Phi) is 4.57. The first kappa shape index (κ1) is 14.3. The fourth-order valence-electron chi connectivity index (χ4n) is 1.68. The molecule has 6 heteroatoms. The van der Waals surface area contributed by atoms with E-state index in [-0.39, 0.29) is 11.3 Å². The van der Waals surface area contributed by atoms with Crippen molar-refractivity contribution in [3.8, 4) is 5.75 Å². The first-order valence-corrected chi connectivity index (χ1v) is 6.94. The number of H-pyrrole nitrogens is 1. The Morgan fingerprint density at radius 1 is 1.40 bits per heavy atom. The van der Waals surface area contributed by atoms with Crippen LogP contribution in [0.3, 0.4) is 0 Å². The van der Waals surface area contributed by atoms with Crippen LogP contribution in [0.25, 0.3) is 0 Å². The van der Waals surface area contributed by atoms with Gasteiger partial charge in [0.25, 0.3) is 5.56 Å². The number of aromatic amines is 1. The van der Waals surface area contributed by atoms with E-state index in [9.17, 15) is 9.59 Å². The molecule has 104 valence electrons. The molecule has 0 unspecified atom stereocenters. The van der Waals surface area contributed by atoms with Gasteiger partial charge < -0.3 is 9.72 Å². The van der Waals surface area contributed by atoms with Crippen LogP contribution in [0.15, 0.2) is 40.4 Å². The maximum absolute atomic E-state index is 11.4. The van der Waals surface area contributed by atoms with Crippen LogP contribution in [-0.4, -0.2) is 22.9 Å². The molecule has 0 atom stereocenters. The number of carbonyl (C=O) groups excluding carboxylic acids is 1. The second kappa shape index (κ2) is 6.38. The second-order valence-electron chi connectivity index (χ2n) is 4.11. The van der Waals surface area contributed by atoms with Gasteiger partial charge in [-0.15, -0.1) is 0 Å². The van der Waals surface area contributed by atoms with Crippen molar-refractivity contribution < 1.29 is 9.53 Å². The van der Waals surface area contributed by atoms with E-state index in [0.29, 0.717) is 22.2 Å². The number of Topliss-reactive ketones (excluding diaryl/α,β-unsaturated/α-hetero) is 1. The van der Waals surface area contributed by atoms with E-state index in [1.807, 2.05) is 0 Å². The topological polar surface area (TPSA) is 72.0 Å². The minimum atomic E-state index is -0.188. The Hall–Kier alpha value is -2.08. The number of rotatable bonds is 5. The van der Waals surface area contributed by atoms with Gasteiger partial charge >= 0.3 is 0 Å². The van der Waals surface area contributed by atoms with Gasteiger partial charge in [0.2, 0.25) is 0 Å². The monoisotopic (exact) mass is 290 g/mol. The summed E-state index contributed by atoms with van der Waals surface area (Å²) in [7, 11) is 1.58. The maximum atomic E-state index is 11.4. The lowest BCUT2D eigenvalue weighted by molar-refractivity contribution is 0.101. The first-order chi connectivity index (χ1) is 9.60. The molecule has 0 aliphatic carbocycles. The second-order valence-corrected chi connectivity index (χ2v) is 5.07. The molecule has 0 aliphatic heterocycles. The lowest BCUT2D eigenvalue weighted by Gasteiger charge is -2.09. The largest absolute Gasteiger partial charge is 0.496 e. The number of aromatic nitrogens is 2. The summed E-state index contributed by atoms with van der Waals surface area (Å²) in [6.07, 6.45) is 1.46. The highest BCUT2D eigenvalue weighted by molar-refractivity contribution is 7.98. The highest BCUT2D eigenvalue weighted by Gasteiger charge is 2.08. The zero-order chi connectivity index (χ0) is 14.5. The first-order valence-electron chi connectivity index (χ1n) is 5.96. The van der Waals surface area contributed by atoms with Crippen molar-refractivity contribution in [1.82, 2.24) is 9.97 Å². The van der Waals surface area contributed by atoms with Crippen molar-refractivity contribution in [3.63, 3.8) is 0 Å². The standard InChI is InChI=1S/C14H14N2O3S/c1-9(17)10-3-4-12(19-2)11(7-10)8-20-14-15-6-5-13(18)16-14/h3-7H,8H2,1-2H3,(H,15,16,18). The summed E-state index contributed by atoms with van der Waals surface area (Å²) in [4.78, 5) is 29.3. The average molecular weight is 290 g/mol. The molecule has 0 bridgehead atoms. The SMILES string of the molecule is COc1ccc(C(C)=O)cc1CSc1nccc(=O)[nH]1. The van der Waals surface area contributed by atoms with Crippen molar-refractivity contribution >= 4 is 17.5 Å². The van der Waals surface area contributed by atoms with Crippen LogP contribution in [0.1, 0.15) is 22.8 Å². The molecule has 1 N–H and O–H groups in total. The van der Waals surface area contributed by atoms with Gasteiger partial charge in [-0.25, -0.2) is 4.98 Å². The molecule has 0 fully saturated rings. The zero-order valence-electron chi connectivity index (χ0n) is 11.2. The molecule has 0 saturated heterocycles. The van der Waals surface area contributed by atoms with Crippen molar-refractivity contribution in [2.75, 3.05) is 7.11 Å². The van der Waals surface area contributed by atoms with Gasteiger partial charge in [0.15, 0.2) is 10.9 Å². The molecule has 1 aromatic carbocycles. The Morgan fingerprint density at radius 3 is 2.85 bits per heavy atom. The average Bonchev–Trinajstić information content (AvgIpc) is 2.44. The number of ketones is 1. The number of benzene rings is 1. The molecule has 5 nitrogen and oxygen atoms in total. The zero-order valence-corrected chi connectivity index (χ0v) is 12.0. The summed E-state index contributed by atoms with van der Waals surface area (Å²) in [5.41, 5.74) is 1.33. The molecular weight excluding hydrogens is 276 g/mol. The molecule has 20 heavy (non-hydrogen) atoms. The van der Waals surface area contributed by atoms with E-state index in [2.05, 4.69) is 9.97 Å². The summed E-state index contributed by atoms with van der Waals surface area (Å²) in [5, 5.41) is 0.535. The van der Waals surface area contributed by atoms with Crippen LogP contribution in [0.2, 0.25) is 0 Å². The summed E-state index contributed by atoms with van der Waals surface area (Å²) >= 11 is 1.38. The van der Waals surface area contributed by atoms with Crippen molar-refractivity contribution in [3.05, 3.63) is 51.9 Å². The minimum absolute atomic E-state index is 0.00476. The Labute approximate surface area is 120 Å². The summed E-state index contributed by atoms with van der Waals surface area (Å²) in [6.45, 7) is 1.52. The molecule has 0 amide bonds. The number of carbonyl (C=O) groups is 1. The van der Waals surface area contributed by atoms with Crippen LogP contribution < -0.4 is 10.3 Å². The number of methoxy groups -OCH3 is 1. The highest BCUT2D eigenvalue weighted by Crippen LogP contribution is 2.26. The smallest absolute Gasteiger partial charge is 0.251 e. The van der Waals surface area contributed by atoms with Gasteiger partial charge in [0.05, 0.1) is 7.11 Å². The fourth-order valence-corrected chi connectivity index (χ4v) is 2.51. The van der Waals surface area contributed by atoms with E-state index >= 15 is 0 Å². The molecule has 0 aliphatic rings. The third kappa shape index (κ3) is 3.48. The van der Waals surface area contributed by atoms with Gasteiger partial charge in [-0.2, -0.15) is 0 Å². The summed E-state index contributed by atoms with van der Waals surface area (Å²) in [6, 6.07) is 6.67. The highest BCUT2D eigenvalue weighted by atomic mass is 32.2. The molecule has 1 heterocycles. The predicted molar refractivity (Wildman–Crippen MR) is 77.4 cm³/mol. The molecule has 0 spiro atoms. The molecule has 0 radical (unpaired) electrons. The van der Waals surface area contributed by atoms with E-state index < -0.39 is 0 Å². The Bertz CT molecular complexity index is 682. The minimum Gasteiger partial charge on any atom is -0.496 e. The number of ether oxygens (including phenoxy) is 1. The summed E-state index contributed by atoms with van der Waals surface area (Å²) in [5.74, 6) is 1.27. The Morgan fingerprint density at radius 2 is 2.20 bits per heavy atom. The van der Waals surface area contributed by atoms with Gasteiger partial charge in [-0.1, -0.05) is 11.8 Å². The molecule has 2 rings (SSSR count). The molecule has 1 aromatic heterocycles. The van der Waals surface area contributed by atoms with Gasteiger partial charge in [-0.05, 0) is 25.1 Å². The van der Waals surface area contributed by atoms with E-state index in [0.717, 1.165) is 5.56 Å². The number of nitrogens with one attached hydrogen (secondary N) is 1. The van der Waals surface area contributed by atoms with Crippen LogP contribution in [0.4, 0.5) is 0 Å². The Balaban J connectivity index is 2.21. The van der Waals surface area contributed by atoms with Crippen LogP contribution >= 0.6 is 11.8 Å². The normalized spacial score (nSPS) is 10.3. The molecule has 2 aromatic rings. The predicted octanol–water partition coefficient (Wildman–Crippen LogP) is 2.27. The number of hydrogen-bond acceptors (Lipinski definition) is 5. The van der Waals surface area contributed by atoms with E-state index in [1.54, 1.807) is 25.3 Å². The molecule has 0 saturated carbocycles.